The predicted octanol–water partition coefficient (Wildman–Crippen LogP) is 5.01. The second-order valence-corrected chi connectivity index (χ2v) is 5.53. The van der Waals surface area contributed by atoms with Crippen LogP contribution in [0.1, 0.15) is 25.5 Å². The Hall–Kier alpha value is -1.52. The molecule has 1 N–H and O–H groups in total. The van der Waals surface area contributed by atoms with E-state index in [1.165, 1.54) is 6.07 Å². The Bertz CT molecular complexity index is 603. The van der Waals surface area contributed by atoms with Crippen LogP contribution in [0.15, 0.2) is 47.4 Å². The Morgan fingerprint density at radius 2 is 1.86 bits per heavy atom. The Balaban J connectivity index is 2.38. The normalized spacial score (nSPS) is 12.2. The van der Waals surface area contributed by atoms with Crippen molar-refractivity contribution in [2.75, 3.05) is 12.8 Å². The van der Waals surface area contributed by atoms with E-state index in [0.717, 1.165) is 17.2 Å². The molecule has 0 saturated carbocycles. The van der Waals surface area contributed by atoms with Gasteiger partial charge in [-0.2, -0.15) is 0 Å². The average Bonchev–Trinajstić information content (AvgIpc) is 2.48. The molecule has 0 bridgehead atoms. The molecule has 0 fully saturated rings. The molecule has 0 aliphatic carbocycles. The van der Waals surface area contributed by atoms with Gasteiger partial charge in [0.15, 0.2) is 0 Å². The first kappa shape index (κ1) is 15.9. The van der Waals surface area contributed by atoms with Gasteiger partial charge < -0.3 is 10.1 Å². The number of hydrogen-bond donors (Lipinski definition) is 1. The zero-order valence-corrected chi connectivity index (χ0v) is 13.3. The lowest BCUT2D eigenvalue weighted by Gasteiger charge is -2.19. The number of halogens is 1. The lowest BCUT2D eigenvalue weighted by molar-refractivity contribution is 0.440. The second kappa shape index (κ2) is 7.48. The van der Waals surface area contributed by atoms with Gasteiger partial charge in [0, 0.05) is 16.5 Å². The molecule has 112 valence electrons. The molecule has 0 saturated heterocycles. The summed E-state index contributed by atoms with van der Waals surface area (Å²) in [4.78, 5) is 1.03. The smallest absolute Gasteiger partial charge is 0.140 e. The Morgan fingerprint density at radius 3 is 2.57 bits per heavy atom. The van der Waals surface area contributed by atoms with Crippen molar-refractivity contribution >= 4 is 11.8 Å². The Morgan fingerprint density at radius 1 is 1.14 bits per heavy atom. The van der Waals surface area contributed by atoms with Crippen molar-refractivity contribution in [2.45, 2.75) is 24.8 Å². The van der Waals surface area contributed by atoms with Gasteiger partial charge in [-0.15, -0.1) is 11.8 Å². The molecule has 2 aromatic carbocycles. The molecule has 0 amide bonds. The number of rotatable bonds is 6. The van der Waals surface area contributed by atoms with Gasteiger partial charge in [-0.25, -0.2) is 4.39 Å². The van der Waals surface area contributed by atoms with Crippen molar-refractivity contribution in [3.63, 3.8) is 0 Å². The SMILES string of the molecule is CCNC(C)c1c(F)cccc1Oc1ccccc1SC. The topological polar surface area (TPSA) is 21.3 Å². The fourth-order valence-electron chi connectivity index (χ4n) is 2.26. The molecule has 2 rings (SSSR count). The highest BCUT2D eigenvalue weighted by atomic mass is 32.2. The van der Waals surface area contributed by atoms with Crippen molar-refractivity contribution in [1.29, 1.82) is 0 Å². The van der Waals surface area contributed by atoms with Gasteiger partial charge in [-0.05, 0) is 44.0 Å². The number of hydrogen-bond acceptors (Lipinski definition) is 3. The third-order valence-corrected chi connectivity index (χ3v) is 4.02. The molecule has 1 unspecified atom stereocenters. The summed E-state index contributed by atoms with van der Waals surface area (Å²) < 4.78 is 20.2. The van der Waals surface area contributed by atoms with E-state index in [1.807, 2.05) is 50.4 Å². The van der Waals surface area contributed by atoms with Crippen LogP contribution in [-0.4, -0.2) is 12.8 Å². The number of benzene rings is 2. The van der Waals surface area contributed by atoms with Crippen LogP contribution in [0.2, 0.25) is 0 Å². The van der Waals surface area contributed by atoms with Crippen LogP contribution in [0.25, 0.3) is 0 Å². The van der Waals surface area contributed by atoms with E-state index in [4.69, 9.17) is 4.74 Å². The highest BCUT2D eigenvalue weighted by molar-refractivity contribution is 7.98. The van der Waals surface area contributed by atoms with Crippen molar-refractivity contribution in [3.8, 4) is 11.5 Å². The van der Waals surface area contributed by atoms with Crippen LogP contribution < -0.4 is 10.1 Å². The molecule has 0 heterocycles. The molecular formula is C17H20FNOS. The first-order valence-electron chi connectivity index (χ1n) is 7.00. The van der Waals surface area contributed by atoms with Gasteiger partial charge in [-0.3, -0.25) is 0 Å². The van der Waals surface area contributed by atoms with Gasteiger partial charge in [0.25, 0.3) is 0 Å². The van der Waals surface area contributed by atoms with Gasteiger partial charge in [0.05, 0.1) is 0 Å². The fraction of sp³-hybridized carbons (Fsp3) is 0.294. The van der Waals surface area contributed by atoms with Crippen molar-refractivity contribution in [2.24, 2.45) is 0 Å². The maximum Gasteiger partial charge on any atom is 0.140 e. The van der Waals surface area contributed by atoms with Crippen molar-refractivity contribution in [3.05, 3.63) is 53.8 Å². The zero-order chi connectivity index (χ0) is 15.2. The standard InChI is InChI=1S/C17H20FNOS/c1-4-19-12(2)17-13(18)8-7-10-15(17)20-14-9-5-6-11-16(14)21-3/h5-12,19H,4H2,1-3H3. The molecule has 0 aliphatic rings. The molecule has 1 atom stereocenters. The summed E-state index contributed by atoms with van der Waals surface area (Å²) in [5, 5.41) is 3.23. The highest BCUT2D eigenvalue weighted by Gasteiger charge is 2.17. The number of thioether (sulfide) groups is 1. The van der Waals surface area contributed by atoms with Crippen LogP contribution >= 0.6 is 11.8 Å². The molecule has 0 aromatic heterocycles. The third kappa shape index (κ3) is 3.77. The van der Waals surface area contributed by atoms with E-state index in [2.05, 4.69) is 5.32 Å². The van der Waals surface area contributed by atoms with Gasteiger partial charge in [-0.1, -0.05) is 25.1 Å². The molecule has 4 heteroatoms. The molecule has 0 aliphatic heterocycles. The summed E-state index contributed by atoms with van der Waals surface area (Å²) in [6.07, 6.45) is 2.00. The van der Waals surface area contributed by atoms with Crippen molar-refractivity contribution < 1.29 is 9.13 Å². The quantitative estimate of drug-likeness (QED) is 0.758. The van der Waals surface area contributed by atoms with Crippen LogP contribution in [-0.2, 0) is 0 Å². The molecule has 2 nitrogen and oxygen atoms in total. The van der Waals surface area contributed by atoms with Crippen LogP contribution in [0.5, 0.6) is 11.5 Å². The molecule has 21 heavy (non-hydrogen) atoms. The van der Waals surface area contributed by atoms with Gasteiger partial charge in [0.1, 0.15) is 17.3 Å². The summed E-state index contributed by atoms with van der Waals surface area (Å²) in [6.45, 7) is 4.71. The molecule has 0 radical (unpaired) electrons. The first-order valence-corrected chi connectivity index (χ1v) is 8.22. The maximum atomic E-state index is 14.2. The summed E-state index contributed by atoms with van der Waals surface area (Å²) in [7, 11) is 0. The van der Waals surface area contributed by atoms with E-state index in [9.17, 15) is 4.39 Å². The van der Waals surface area contributed by atoms with Gasteiger partial charge in [0.2, 0.25) is 0 Å². The maximum absolute atomic E-state index is 14.2. The van der Waals surface area contributed by atoms with Crippen LogP contribution in [0.4, 0.5) is 4.39 Å². The van der Waals surface area contributed by atoms with E-state index in [-0.39, 0.29) is 11.9 Å². The van der Waals surface area contributed by atoms with E-state index < -0.39 is 0 Å². The van der Waals surface area contributed by atoms with E-state index in [0.29, 0.717) is 11.3 Å². The summed E-state index contributed by atoms with van der Waals surface area (Å²) in [5.74, 6) is 1.06. The third-order valence-electron chi connectivity index (χ3n) is 3.25. The van der Waals surface area contributed by atoms with Crippen LogP contribution in [0, 0.1) is 5.82 Å². The summed E-state index contributed by atoms with van der Waals surface area (Å²) in [6, 6.07) is 12.6. The first-order chi connectivity index (χ1) is 10.2. The lowest BCUT2D eigenvalue weighted by Crippen LogP contribution is -2.19. The number of nitrogens with one attached hydrogen (secondary N) is 1. The minimum Gasteiger partial charge on any atom is -0.456 e. The number of para-hydroxylation sites is 1. The molecular weight excluding hydrogens is 285 g/mol. The van der Waals surface area contributed by atoms with Crippen LogP contribution in [0.3, 0.4) is 0 Å². The van der Waals surface area contributed by atoms with E-state index >= 15 is 0 Å². The van der Waals surface area contributed by atoms with E-state index in [1.54, 1.807) is 17.8 Å². The Kier molecular flexibility index (Phi) is 5.65. The minimum atomic E-state index is -0.248. The monoisotopic (exact) mass is 305 g/mol. The second-order valence-electron chi connectivity index (χ2n) is 4.68. The minimum absolute atomic E-state index is 0.104. The predicted molar refractivity (Wildman–Crippen MR) is 86.8 cm³/mol. The average molecular weight is 305 g/mol. The largest absolute Gasteiger partial charge is 0.456 e. The lowest BCUT2D eigenvalue weighted by atomic mass is 10.1. The summed E-state index contributed by atoms with van der Waals surface area (Å²) >= 11 is 1.61. The van der Waals surface area contributed by atoms with Gasteiger partial charge >= 0.3 is 0 Å². The molecule has 2 aromatic rings. The molecule has 0 spiro atoms. The Labute approximate surface area is 129 Å². The number of ether oxygens (including phenoxy) is 1. The fourth-order valence-corrected chi connectivity index (χ4v) is 2.78. The van der Waals surface area contributed by atoms with Crippen molar-refractivity contribution in [1.82, 2.24) is 5.32 Å². The summed E-state index contributed by atoms with van der Waals surface area (Å²) in [5.41, 5.74) is 0.565. The zero-order valence-electron chi connectivity index (χ0n) is 12.5. The highest BCUT2D eigenvalue weighted by Crippen LogP contribution is 2.35.